The highest BCUT2D eigenvalue weighted by molar-refractivity contribution is 7.92. The van der Waals surface area contributed by atoms with Gasteiger partial charge in [-0.1, -0.05) is 0 Å². The minimum Gasteiger partial charge on any atom is -0.311 e. The minimum atomic E-state index is -2.75. The fourth-order valence-electron chi connectivity index (χ4n) is 3.75. The van der Waals surface area contributed by atoms with Gasteiger partial charge in [-0.15, -0.1) is 0 Å². The van der Waals surface area contributed by atoms with Crippen molar-refractivity contribution in [2.24, 2.45) is 5.92 Å². The van der Waals surface area contributed by atoms with Crippen molar-refractivity contribution >= 4 is 9.84 Å². The molecule has 3 nitrogen and oxygen atoms in total. The van der Waals surface area contributed by atoms with E-state index in [-0.39, 0.29) is 5.25 Å². The highest BCUT2D eigenvalue weighted by Crippen LogP contribution is 2.39. The molecule has 4 unspecified atom stereocenters. The molecule has 0 aromatic heterocycles. The largest absolute Gasteiger partial charge is 0.311 e. The van der Waals surface area contributed by atoms with Crippen LogP contribution >= 0.6 is 0 Å². The van der Waals surface area contributed by atoms with Crippen molar-refractivity contribution in [3.05, 3.63) is 0 Å². The van der Waals surface area contributed by atoms with Crippen LogP contribution in [0.2, 0.25) is 0 Å². The summed E-state index contributed by atoms with van der Waals surface area (Å²) in [6.45, 7) is 0. The summed E-state index contributed by atoms with van der Waals surface area (Å²) < 4.78 is 23.8. The molecule has 3 heterocycles. The predicted molar refractivity (Wildman–Crippen MR) is 59.5 cm³/mol. The summed E-state index contributed by atoms with van der Waals surface area (Å²) in [5.41, 5.74) is 0. The Morgan fingerprint density at radius 2 is 1.80 bits per heavy atom. The Bertz CT molecular complexity index is 352. The molecule has 0 amide bonds. The number of hydrogen-bond acceptors (Lipinski definition) is 3. The van der Waals surface area contributed by atoms with Gasteiger partial charge in [0.05, 0.1) is 11.0 Å². The summed E-state index contributed by atoms with van der Waals surface area (Å²) in [5, 5.41) is 3.57. The Kier molecular flexibility index (Phi) is 2.32. The quantitative estimate of drug-likeness (QED) is 0.732. The van der Waals surface area contributed by atoms with Crippen LogP contribution in [0.25, 0.3) is 0 Å². The van der Waals surface area contributed by atoms with Crippen molar-refractivity contribution in [1.82, 2.24) is 5.32 Å². The fourth-order valence-corrected chi connectivity index (χ4v) is 6.01. The van der Waals surface area contributed by atoms with Crippen LogP contribution in [0.5, 0.6) is 0 Å². The summed E-state index contributed by atoms with van der Waals surface area (Å²) in [7, 11) is -2.75. The highest BCUT2D eigenvalue weighted by Gasteiger charge is 2.45. The lowest BCUT2D eigenvalue weighted by Gasteiger charge is -2.33. The number of hydrogen-bond donors (Lipinski definition) is 1. The van der Waals surface area contributed by atoms with Crippen LogP contribution in [0.15, 0.2) is 0 Å². The molecule has 0 radical (unpaired) electrons. The Balaban J connectivity index is 1.82. The van der Waals surface area contributed by atoms with E-state index in [2.05, 4.69) is 5.32 Å². The second-order valence-electron chi connectivity index (χ2n) is 5.34. The van der Waals surface area contributed by atoms with Gasteiger partial charge in [-0.05, 0) is 44.4 Å². The zero-order chi connectivity index (χ0) is 10.5. The standard InChI is InChI=1S/C11H19NO2S/c13-15(14)7-1-2-11(15)9-5-3-8-4-6-10(9)12-8/h8-12H,1-7H2. The molecule has 3 fully saturated rings. The lowest BCUT2D eigenvalue weighted by atomic mass is 9.87. The maximum absolute atomic E-state index is 11.9. The second kappa shape index (κ2) is 3.45. The number of fused-ring (bicyclic) bond motifs is 2. The third-order valence-electron chi connectivity index (χ3n) is 4.50. The van der Waals surface area contributed by atoms with Crippen molar-refractivity contribution in [3.63, 3.8) is 0 Å². The molecule has 0 spiro atoms. The van der Waals surface area contributed by atoms with E-state index in [0.717, 1.165) is 19.3 Å². The van der Waals surface area contributed by atoms with Crippen molar-refractivity contribution in [2.45, 2.75) is 55.9 Å². The second-order valence-corrected chi connectivity index (χ2v) is 7.68. The average Bonchev–Trinajstić information content (AvgIpc) is 2.73. The van der Waals surface area contributed by atoms with Gasteiger partial charge < -0.3 is 5.32 Å². The van der Waals surface area contributed by atoms with Gasteiger partial charge in [-0.25, -0.2) is 8.42 Å². The molecule has 3 rings (SSSR count). The number of piperidine rings is 1. The lowest BCUT2D eigenvalue weighted by molar-refractivity contribution is 0.276. The monoisotopic (exact) mass is 229 g/mol. The molecule has 0 aliphatic carbocycles. The molecule has 0 saturated carbocycles. The minimum absolute atomic E-state index is 0.0194. The van der Waals surface area contributed by atoms with E-state index in [9.17, 15) is 8.42 Å². The SMILES string of the molecule is O=S1(=O)CCCC1C1CCC2CCC1N2. The van der Waals surface area contributed by atoms with Gasteiger partial charge in [0.2, 0.25) is 0 Å². The molecule has 1 N–H and O–H groups in total. The van der Waals surface area contributed by atoms with Gasteiger partial charge in [0, 0.05) is 12.1 Å². The molecule has 0 aromatic carbocycles. The van der Waals surface area contributed by atoms with Crippen LogP contribution < -0.4 is 5.32 Å². The number of sulfone groups is 1. The van der Waals surface area contributed by atoms with E-state index >= 15 is 0 Å². The van der Waals surface area contributed by atoms with E-state index in [1.54, 1.807) is 0 Å². The maximum atomic E-state index is 11.9. The van der Waals surface area contributed by atoms with Gasteiger partial charge in [0.25, 0.3) is 0 Å². The summed E-state index contributed by atoms with van der Waals surface area (Å²) in [4.78, 5) is 0. The maximum Gasteiger partial charge on any atom is 0.153 e. The van der Waals surface area contributed by atoms with Crippen LogP contribution in [-0.2, 0) is 9.84 Å². The van der Waals surface area contributed by atoms with Gasteiger partial charge in [-0.3, -0.25) is 0 Å². The molecule has 0 aromatic rings. The van der Waals surface area contributed by atoms with E-state index in [1.165, 1.54) is 19.3 Å². The predicted octanol–water partition coefficient (Wildman–Crippen LogP) is 1.09. The molecule has 2 bridgehead atoms. The first-order chi connectivity index (χ1) is 7.17. The third-order valence-corrected chi connectivity index (χ3v) is 6.86. The molecule has 86 valence electrons. The third kappa shape index (κ3) is 1.62. The Morgan fingerprint density at radius 1 is 1.00 bits per heavy atom. The Labute approximate surface area is 91.5 Å². The van der Waals surface area contributed by atoms with E-state index < -0.39 is 9.84 Å². The molecule has 15 heavy (non-hydrogen) atoms. The van der Waals surface area contributed by atoms with Crippen LogP contribution in [-0.4, -0.2) is 31.5 Å². The van der Waals surface area contributed by atoms with Gasteiger partial charge in [-0.2, -0.15) is 0 Å². The van der Waals surface area contributed by atoms with Crippen LogP contribution in [0.1, 0.15) is 38.5 Å². The molecule has 3 aliphatic rings. The van der Waals surface area contributed by atoms with Gasteiger partial charge >= 0.3 is 0 Å². The first-order valence-electron chi connectivity index (χ1n) is 6.14. The van der Waals surface area contributed by atoms with Gasteiger partial charge in [0.15, 0.2) is 9.84 Å². The number of nitrogens with one attached hydrogen (secondary N) is 1. The highest BCUT2D eigenvalue weighted by atomic mass is 32.2. The first kappa shape index (κ1) is 10.1. The van der Waals surface area contributed by atoms with Crippen LogP contribution in [0, 0.1) is 5.92 Å². The number of rotatable bonds is 1. The molecular weight excluding hydrogens is 210 g/mol. The van der Waals surface area contributed by atoms with Crippen molar-refractivity contribution < 1.29 is 8.42 Å². The lowest BCUT2D eigenvalue weighted by Crippen LogP contribution is -2.46. The van der Waals surface area contributed by atoms with Crippen molar-refractivity contribution in [1.29, 1.82) is 0 Å². The van der Waals surface area contributed by atoms with Crippen molar-refractivity contribution in [3.8, 4) is 0 Å². The molecule has 4 heteroatoms. The topological polar surface area (TPSA) is 46.2 Å². The van der Waals surface area contributed by atoms with Gasteiger partial charge in [0.1, 0.15) is 0 Å². The summed E-state index contributed by atoms with van der Waals surface area (Å²) in [5.74, 6) is 0.848. The van der Waals surface area contributed by atoms with E-state index in [1.807, 2.05) is 0 Å². The smallest absolute Gasteiger partial charge is 0.153 e. The fraction of sp³-hybridized carbons (Fsp3) is 1.00. The first-order valence-corrected chi connectivity index (χ1v) is 7.86. The van der Waals surface area contributed by atoms with Crippen LogP contribution in [0.4, 0.5) is 0 Å². The normalized spacial score (nSPS) is 48.3. The Morgan fingerprint density at radius 3 is 2.53 bits per heavy atom. The van der Waals surface area contributed by atoms with E-state index in [0.29, 0.717) is 23.8 Å². The Hall–Kier alpha value is -0.0900. The average molecular weight is 229 g/mol. The van der Waals surface area contributed by atoms with Crippen LogP contribution in [0.3, 0.4) is 0 Å². The zero-order valence-corrected chi connectivity index (χ0v) is 9.80. The molecule has 3 aliphatic heterocycles. The molecule has 4 atom stereocenters. The summed E-state index contributed by atoms with van der Waals surface area (Å²) in [6, 6.07) is 1.19. The molecule has 3 saturated heterocycles. The zero-order valence-electron chi connectivity index (χ0n) is 8.98. The summed E-state index contributed by atoms with van der Waals surface area (Å²) >= 11 is 0. The van der Waals surface area contributed by atoms with E-state index in [4.69, 9.17) is 0 Å². The van der Waals surface area contributed by atoms with Crippen molar-refractivity contribution in [2.75, 3.05) is 5.75 Å². The molecular formula is C11H19NO2S. The summed E-state index contributed by atoms with van der Waals surface area (Å²) in [6.07, 6.45) is 6.57.